The van der Waals surface area contributed by atoms with E-state index in [-0.39, 0.29) is 18.0 Å². The van der Waals surface area contributed by atoms with Crippen molar-refractivity contribution in [3.8, 4) is 0 Å². The number of ether oxygens (including phenoxy) is 1. The first kappa shape index (κ1) is 19.8. The Morgan fingerprint density at radius 3 is 2.35 bits per heavy atom. The highest BCUT2D eigenvalue weighted by Gasteiger charge is 2.22. The molecule has 3 aromatic rings. The number of Topliss-reactive ketones (excluding diaryl/α,β-unsaturated/α-hetero) is 1. The first-order valence-corrected chi connectivity index (χ1v) is 10.8. The summed E-state index contributed by atoms with van der Waals surface area (Å²) in [6.07, 6.45) is 4.09. The lowest BCUT2D eigenvalue weighted by atomic mass is 10.2. The molecule has 5 rings (SSSR count). The Morgan fingerprint density at radius 2 is 1.68 bits per heavy atom. The number of anilines is 2. The molecule has 2 aliphatic heterocycles. The van der Waals surface area contributed by atoms with Gasteiger partial charge in [0, 0.05) is 38.4 Å². The monoisotopic (exact) mass is 422 g/mol. The van der Waals surface area contributed by atoms with Crippen molar-refractivity contribution in [1.29, 1.82) is 0 Å². The molecule has 0 radical (unpaired) electrons. The molecule has 10 nitrogen and oxygen atoms in total. The molecule has 162 valence electrons. The van der Waals surface area contributed by atoms with E-state index in [9.17, 15) is 4.79 Å². The number of morpholine rings is 1. The summed E-state index contributed by atoms with van der Waals surface area (Å²) in [4.78, 5) is 35.7. The molecule has 2 saturated heterocycles. The number of rotatable bonds is 5. The van der Waals surface area contributed by atoms with E-state index in [0.29, 0.717) is 24.7 Å². The third-order valence-corrected chi connectivity index (χ3v) is 5.79. The summed E-state index contributed by atoms with van der Waals surface area (Å²) < 4.78 is 7.14. The van der Waals surface area contributed by atoms with Crippen LogP contribution in [-0.2, 0) is 11.2 Å². The van der Waals surface area contributed by atoms with Gasteiger partial charge in [0.15, 0.2) is 5.65 Å². The van der Waals surface area contributed by atoms with Crippen molar-refractivity contribution < 1.29 is 9.53 Å². The van der Waals surface area contributed by atoms with Gasteiger partial charge in [-0.1, -0.05) is 0 Å². The molecule has 0 saturated carbocycles. The Labute approximate surface area is 180 Å². The molecule has 10 heteroatoms. The number of hydrogen-bond donors (Lipinski definition) is 0. The van der Waals surface area contributed by atoms with Gasteiger partial charge in [-0.05, 0) is 26.7 Å². The van der Waals surface area contributed by atoms with Crippen LogP contribution in [-0.4, -0.2) is 74.7 Å². The van der Waals surface area contributed by atoms with Crippen LogP contribution in [0.25, 0.3) is 5.65 Å². The number of ketones is 1. The van der Waals surface area contributed by atoms with E-state index < -0.39 is 0 Å². The number of carbonyl (C=O) groups is 1. The van der Waals surface area contributed by atoms with E-state index in [2.05, 4.69) is 24.9 Å². The van der Waals surface area contributed by atoms with Crippen LogP contribution in [0.5, 0.6) is 0 Å². The molecule has 31 heavy (non-hydrogen) atoms. The van der Waals surface area contributed by atoms with Gasteiger partial charge in [0.25, 0.3) is 0 Å². The Balaban J connectivity index is 1.46. The van der Waals surface area contributed by atoms with Crippen LogP contribution in [0, 0.1) is 13.8 Å². The molecule has 0 aliphatic carbocycles. The van der Waals surface area contributed by atoms with Crippen molar-refractivity contribution in [3.63, 3.8) is 0 Å². The summed E-state index contributed by atoms with van der Waals surface area (Å²) in [6.45, 7) is 8.62. The second-order valence-electron chi connectivity index (χ2n) is 8.05. The molecular weight excluding hydrogens is 396 g/mol. The molecule has 3 aromatic heterocycles. The minimum Gasteiger partial charge on any atom is -0.378 e. The predicted molar refractivity (Wildman–Crippen MR) is 115 cm³/mol. The van der Waals surface area contributed by atoms with E-state index in [1.165, 1.54) is 0 Å². The first-order chi connectivity index (χ1) is 15.1. The zero-order chi connectivity index (χ0) is 21.4. The van der Waals surface area contributed by atoms with E-state index in [0.717, 1.165) is 62.0 Å². The van der Waals surface area contributed by atoms with Gasteiger partial charge in [0.05, 0.1) is 31.0 Å². The second-order valence-corrected chi connectivity index (χ2v) is 8.05. The molecule has 0 atom stereocenters. The van der Waals surface area contributed by atoms with Gasteiger partial charge in [-0.2, -0.15) is 0 Å². The van der Waals surface area contributed by atoms with Crippen LogP contribution in [0.4, 0.5) is 11.6 Å². The van der Waals surface area contributed by atoms with Crippen LogP contribution in [0.2, 0.25) is 0 Å². The smallest absolute Gasteiger partial charge is 0.218 e. The average molecular weight is 422 g/mol. The molecule has 2 aliphatic rings. The van der Waals surface area contributed by atoms with Gasteiger partial charge >= 0.3 is 0 Å². The fourth-order valence-corrected chi connectivity index (χ4v) is 4.05. The highest BCUT2D eigenvalue weighted by atomic mass is 16.5. The summed E-state index contributed by atoms with van der Waals surface area (Å²) in [5, 5.41) is 4.40. The third kappa shape index (κ3) is 3.95. The molecule has 0 amide bonds. The molecule has 5 heterocycles. The zero-order valence-electron chi connectivity index (χ0n) is 17.9. The number of nitrogens with zero attached hydrogens (tertiary/aromatic N) is 8. The second kappa shape index (κ2) is 8.18. The van der Waals surface area contributed by atoms with Crippen molar-refractivity contribution in [2.45, 2.75) is 33.1 Å². The molecule has 2 fully saturated rings. The minimum atomic E-state index is -0.200. The Hall–Kier alpha value is -3.14. The van der Waals surface area contributed by atoms with Crippen molar-refractivity contribution >= 4 is 23.1 Å². The molecule has 0 spiro atoms. The summed E-state index contributed by atoms with van der Waals surface area (Å²) in [6, 6.07) is 2.03. The number of fused-ring (bicyclic) bond motifs is 1. The van der Waals surface area contributed by atoms with E-state index in [4.69, 9.17) is 14.7 Å². The van der Waals surface area contributed by atoms with Gasteiger partial charge in [-0.3, -0.25) is 9.78 Å². The van der Waals surface area contributed by atoms with Crippen molar-refractivity contribution in [1.82, 2.24) is 29.5 Å². The summed E-state index contributed by atoms with van der Waals surface area (Å²) in [5.74, 6) is 2.20. The van der Waals surface area contributed by atoms with Gasteiger partial charge in [0.2, 0.25) is 11.6 Å². The fraction of sp³-hybridized carbons (Fsp3) is 0.524. The molecule has 0 bridgehead atoms. The van der Waals surface area contributed by atoms with Gasteiger partial charge in [-0.25, -0.2) is 19.5 Å². The highest BCUT2D eigenvalue weighted by molar-refractivity contribution is 5.94. The lowest BCUT2D eigenvalue weighted by Crippen LogP contribution is -2.37. The SMILES string of the molecule is Cc1ncc(C)n2nc(C(=O)Cc3nc(N4CCCC4)cc(N4CCOCC4)n3)nc12. The van der Waals surface area contributed by atoms with Gasteiger partial charge < -0.3 is 14.5 Å². The van der Waals surface area contributed by atoms with Crippen molar-refractivity contribution in [2.75, 3.05) is 49.2 Å². The number of carbonyl (C=O) groups excluding carboxylic acids is 1. The molecular formula is C21H26N8O2. The number of hydrogen-bond acceptors (Lipinski definition) is 9. The highest BCUT2D eigenvalue weighted by Crippen LogP contribution is 2.24. The van der Waals surface area contributed by atoms with Gasteiger partial charge in [0.1, 0.15) is 17.5 Å². The summed E-state index contributed by atoms with van der Waals surface area (Å²) in [5.41, 5.74) is 2.16. The normalized spacial score (nSPS) is 17.0. The zero-order valence-corrected chi connectivity index (χ0v) is 17.9. The summed E-state index contributed by atoms with van der Waals surface area (Å²) in [7, 11) is 0. The lowest BCUT2D eigenvalue weighted by Gasteiger charge is -2.29. The van der Waals surface area contributed by atoms with E-state index >= 15 is 0 Å². The van der Waals surface area contributed by atoms with Crippen LogP contribution in [0.1, 0.15) is 40.7 Å². The van der Waals surface area contributed by atoms with Crippen molar-refractivity contribution in [3.05, 3.63) is 35.3 Å². The fourth-order valence-electron chi connectivity index (χ4n) is 4.05. The average Bonchev–Trinajstić information content (AvgIpc) is 3.48. The van der Waals surface area contributed by atoms with E-state index in [1.54, 1.807) is 10.7 Å². The molecule has 0 N–H and O–H groups in total. The van der Waals surface area contributed by atoms with Crippen molar-refractivity contribution in [2.24, 2.45) is 0 Å². The van der Waals surface area contributed by atoms with Gasteiger partial charge in [-0.15, -0.1) is 5.10 Å². The van der Waals surface area contributed by atoms with Crippen LogP contribution in [0.15, 0.2) is 12.3 Å². The lowest BCUT2D eigenvalue weighted by molar-refractivity contribution is 0.0981. The van der Waals surface area contributed by atoms with Crippen LogP contribution < -0.4 is 9.80 Å². The molecule has 0 aromatic carbocycles. The molecule has 0 unspecified atom stereocenters. The van der Waals surface area contributed by atoms with Crippen LogP contribution in [0.3, 0.4) is 0 Å². The Morgan fingerprint density at radius 1 is 1.00 bits per heavy atom. The van der Waals surface area contributed by atoms with Crippen LogP contribution >= 0.6 is 0 Å². The standard InChI is InChI=1S/C21H26N8O2/c1-14-13-22-15(2)21-25-20(26-29(14)21)16(30)11-17-23-18(27-5-3-4-6-27)12-19(24-17)28-7-9-31-10-8-28/h12-13H,3-11H2,1-2H3. The predicted octanol–water partition coefficient (Wildman–Crippen LogP) is 1.39. The number of aromatic nitrogens is 6. The van der Waals surface area contributed by atoms with E-state index in [1.807, 2.05) is 19.9 Å². The summed E-state index contributed by atoms with van der Waals surface area (Å²) >= 11 is 0. The Bertz CT molecular complexity index is 1080. The largest absolute Gasteiger partial charge is 0.378 e. The topological polar surface area (TPSA) is 102 Å². The maximum absolute atomic E-state index is 13.0. The first-order valence-electron chi connectivity index (χ1n) is 10.8. The maximum Gasteiger partial charge on any atom is 0.218 e. The Kier molecular flexibility index (Phi) is 5.23. The third-order valence-electron chi connectivity index (χ3n) is 5.79. The number of aryl methyl sites for hydroxylation is 2. The minimum absolute atomic E-state index is 0.0570. The quantitative estimate of drug-likeness (QED) is 0.565. The maximum atomic E-state index is 13.0.